The van der Waals surface area contributed by atoms with E-state index in [1.54, 1.807) is 0 Å². The Hall–Kier alpha value is -8.01. The van der Waals surface area contributed by atoms with Gasteiger partial charge in [-0.05, 0) is 148 Å². The van der Waals surface area contributed by atoms with E-state index in [1.807, 2.05) is 0 Å². The van der Waals surface area contributed by atoms with E-state index in [4.69, 9.17) is 0 Å². The van der Waals surface area contributed by atoms with Gasteiger partial charge in [-0.1, -0.05) is 178 Å². The number of fused-ring (bicyclic) bond motifs is 12. The molecule has 0 aliphatic heterocycles. The SMILES string of the molecule is [C-]#[N+]c1cc2c(c3c1C1c4ccccc4C3c3ccccc31)c1cc(C(C)(C)C)cc3c4c(C[Si](C)(C)C)c5c(c(C[Si](C)(C)C)c4n2c13)c1cc(C(C)(C)C)cc2c3c4c(c(C#N)cc3n5c21)C1c2ccccc2C4c2ccccc21. The number of nitriles is 1. The third kappa shape index (κ3) is 6.00. The van der Waals surface area contributed by atoms with Crippen molar-refractivity contribution in [3.63, 3.8) is 0 Å². The standard InChI is InChI=1S/C76H66N4Si2/c1-75(2,3)40-31-50-64-55(38-82(11,12)13)74-65(51-32-41(76(4,5)6)34-53-67-58(80(74)72(51)53)35-56(78-7)68-61-44-24-16-20-28-48(44)63(70(67)68)49-29-21-17-25-45(49)61)54(37-81(8,9)10)73(64)79-57-30-39(36-77)59-60-42-22-14-18-26-46(42)62(47-27-19-15-23-43(47)60)69(59)66(57)52(33-40)71(50)79/h14-35,60-63H,37-38H2,1-6,8-13H3. The molecule has 6 heteroatoms. The highest BCUT2D eigenvalue weighted by molar-refractivity contribution is 6.76. The minimum atomic E-state index is -1.94. The monoisotopic (exact) mass is 1090 g/mol. The Bertz CT molecular complexity index is 4770. The molecule has 0 fully saturated rings. The summed E-state index contributed by atoms with van der Waals surface area (Å²) in [6.45, 7) is 38.9. The first kappa shape index (κ1) is 48.7. The van der Waals surface area contributed by atoms with E-state index in [0.717, 1.165) is 28.9 Å². The molecule has 0 spiro atoms. The quantitative estimate of drug-likeness (QED) is 0.128. The van der Waals surface area contributed by atoms with Crippen molar-refractivity contribution in [1.82, 2.24) is 8.80 Å². The van der Waals surface area contributed by atoms with Crippen LogP contribution in [0.5, 0.6) is 0 Å². The second-order valence-corrected chi connectivity index (χ2v) is 40.6. The fourth-order valence-electron chi connectivity index (χ4n) is 17.2. The maximum absolute atomic E-state index is 11.7. The van der Waals surface area contributed by atoms with Gasteiger partial charge in [-0.2, -0.15) is 5.26 Å². The van der Waals surface area contributed by atoms with E-state index in [-0.39, 0.29) is 34.5 Å². The second-order valence-electron chi connectivity index (χ2n) is 29.6. The molecule has 0 radical (unpaired) electrons. The first-order chi connectivity index (χ1) is 39.2. The molecular weight excluding hydrogens is 1030 g/mol. The number of benzene rings is 9. The average Bonchev–Trinajstić information content (AvgIpc) is 1.49. The number of hydrogen-bond donors (Lipinski definition) is 0. The molecule has 0 unspecified atom stereocenters. The molecule has 0 amide bonds. The molecule has 4 heterocycles. The van der Waals surface area contributed by atoms with E-state index in [2.05, 4.69) is 234 Å². The average molecular weight is 1090 g/mol. The molecule has 4 bridgehead atoms. The van der Waals surface area contributed by atoms with Crippen LogP contribution in [0.4, 0.5) is 5.69 Å². The van der Waals surface area contributed by atoms with Crippen molar-refractivity contribution in [2.45, 2.75) is 127 Å². The Morgan fingerprint density at radius 3 is 1.09 bits per heavy atom. The zero-order chi connectivity index (χ0) is 56.3. The highest BCUT2D eigenvalue weighted by Gasteiger charge is 2.47. The molecule has 82 heavy (non-hydrogen) atoms. The van der Waals surface area contributed by atoms with Crippen LogP contribution in [0.15, 0.2) is 133 Å². The molecule has 13 aromatic rings. The molecule has 4 nitrogen and oxygen atoms in total. The highest BCUT2D eigenvalue weighted by Crippen LogP contribution is 2.64. The zero-order valence-electron chi connectivity index (χ0n) is 49.2. The van der Waals surface area contributed by atoms with Crippen LogP contribution in [0.3, 0.4) is 0 Å². The van der Waals surface area contributed by atoms with Crippen molar-refractivity contribution in [3.8, 4) is 6.07 Å². The van der Waals surface area contributed by atoms with Gasteiger partial charge >= 0.3 is 0 Å². The highest BCUT2D eigenvalue weighted by atomic mass is 28.3. The van der Waals surface area contributed by atoms with Crippen LogP contribution in [0.2, 0.25) is 39.3 Å². The molecule has 398 valence electrons. The Balaban J connectivity index is 1.13. The van der Waals surface area contributed by atoms with Crippen LogP contribution < -0.4 is 0 Å². The molecule has 0 N–H and O–H groups in total. The topological polar surface area (TPSA) is 37.0 Å². The van der Waals surface area contributed by atoms with Crippen LogP contribution in [-0.4, -0.2) is 24.9 Å². The van der Waals surface area contributed by atoms with Crippen LogP contribution in [0.25, 0.3) is 81.0 Å². The molecule has 19 rings (SSSR count). The third-order valence-electron chi connectivity index (χ3n) is 20.1. The minimum Gasteiger partial charge on any atom is -0.309 e. The minimum absolute atomic E-state index is 0.00248. The summed E-state index contributed by atoms with van der Waals surface area (Å²) in [7, 11) is -3.88. The molecule has 6 aliphatic rings. The maximum Gasteiger partial charge on any atom is 0.193 e. The van der Waals surface area contributed by atoms with Gasteiger partial charge in [0, 0.05) is 88.4 Å². The molecule has 0 saturated carbocycles. The smallest absolute Gasteiger partial charge is 0.193 e. The van der Waals surface area contributed by atoms with Crippen molar-refractivity contribution in [3.05, 3.63) is 239 Å². The Morgan fingerprint density at radius 2 is 0.756 bits per heavy atom. The lowest BCUT2D eigenvalue weighted by molar-refractivity contribution is 0.591. The van der Waals surface area contributed by atoms with Gasteiger partial charge in [-0.15, -0.1) is 0 Å². The predicted octanol–water partition coefficient (Wildman–Crippen LogP) is 19.8. The Labute approximate surface area is 482 Å². The summed E-state index contributed by atoms with van der Waals surface area (Å²) in [6, 6.07) is 56.3. The molecular formula is C76H66N4Si2. The molecule has 0 saturated heterocycles. The first-order valence-electron chi connectivity index (χ1n) is 29.9. The van der Waals surface area contributed by atoms with Gasteiger partial charge in [0.05, 0.1) is 45.8 Å². The van der Waals surface area contributed by atoms with Crippen molar-refractivity contribution < 1.29 is 0 Å². The lowest BCUT2D eigenvalue weighted by atomic mass is 9.59. The van der Waals surface area contributed by atoms with E-state index in [0.29, 0.717) is 0 Å². The van der Waals surface area contributed by atoms with E-state index in [1.165, 1.54) is 160 Å². The van der Waals surface area contributed by atoms with Crippen LogP contribution >= 0.6 is 0 Å². The summed E-state index contributed by atoms with van der Waals surface area (Å²) in [5.74, 6) is -0.0188. The van der Waals surface area contributed by atoms with Gasteiger partial charge in [-0.25, -0.2) is 4.85 Å². The second kappa shape index (κ2) is 15.5. The number of nitrogens with zero attached hydrogens (tertiary/aromatic N) is 4. The lowest BCUT2D eigenvalue weighted by Crippen LogP contribution is -2.28. The van der Waals surface area contributed by atoms with Gasteiger partial charge in [0.2, 0.25) is 0 Å². The summed E-state index contributed by atoms with van der Waals surface area (Å²) in [5, 5.41) is 22.4. The van der Waals surface area contributed by atoms with E-state index >= 15 is 0 Å². The van der Waals surface area contributed by atoms with E-state index in [9.17, 15) is 11.8 Å². The number of rotatable bonds is 4. The fourth-order valence-corrected chi connectivity index (χ4v) is 20.0. The normalized spacial score (nSPS) is 18.1. The fraction of sp³-hybridized carbons (Fsp3) is 0.263. The molecule has 0 atom stereocenters. The molecule has 4 aromatic heterocycles. The molecule has 9 aromatic carbocycles. The number of aromatic nitrogens is 2. The summed E-state index contributed by atoms with van der Waals surface area (Å²) in [5.41, 5.74) is 30.3. The summed E-state index contributed by atoms with van der Waals surface area (Å²) in [4.78, 5) is 4.59. The van der Waals surface area contributed by atoms with Crippen LogP contribution in [0.1, 0.15) is 160 Å². The zero-order valence-corrected chi connectivity index (χ0v) is 51.2. The van der Waals surface area contributed by atoms with Crippen molar-refractivity contribution in [1.29, 1.82) is 5.26 Å². The Kier molecular flexibility index (Phi) is 9.23. The molecule has 6 aliphatic carbocycles. The van der Waals surface area contributed by atoms with Crippen molar-refractivity contribution in [2.24, 2.45) is 0 Å². The van der Waals surface area contributed by atoms with Gasteiger partial charge in [0.25, 0.3) is 0 Å². The lowest BCUT2D eigenvalue weighted by Gasteiger charge is -2.43. The van der Waals surface area contributed by atoms with Crippen LogP contribution in [-0.2, 0) is 22.9 Å². The van der Waals surface area contributed by atoms with Gasteiger partial charge < -0.3 is 8.80 Å². The Morgan fingerprint density at radius 1 is 0.439 bits per heavy atom. The van der Waals surface area contributed by atoms with Crippen molar-refractivity contribution in [2.75, 3.05) is 0 Å². The van der Waals surface area contributed by atoms with Gasteiger partial charge in [-0.3, -0.25) is 0 Å². The maximum atomic E-state index is 11.7. The summed E-state index contributed by atoms with van der Waals surface area (Å²) >= 11 is 0. The third-order valence-corrected chi connectivity index (χ3v) is 22.9. The van der Waals surface area contributed by atoms with Gasteiger partial charge in [0.15, 0.2) is 5.69 Å². The van der Waals surface area contributed by atoms with Crippen LogP contribution in [0, 0.1) is 17.9 Å². The number of hydrogen-bond acceptors (Lipinski definition) is 1. The first-order valence-corrected chi connectivity index (χ1v) is 37.3. The predicted molar refractivity (Wildman–Crippen MR) is 348 cm³/mol. The summed E-state index contributed by atoms with van der Waals surface area (Å²) in [6.07, 6.45) is 0. The largest absolute Gasteiger partial charge is 0.309 e. The van der Waals surface area contributed by atoms with Crippen molar-refractivity contribution >= 4 is 98.0 Å². The van der Waals surface area contributed by atoms with E-state index < -0.39 is 16.1 Å². The summed E-state index contributed by atoms with van der Waals surface area (Å²) < 4.78 is 5.45. The van der Waals surface area contributed by atoms with Gasteiger partial charge in [0.1, 0.15) is 0 Å².